The second-order valence-corrected chi connectivity index (χ2v) is 9.44. The molecule has 1 aromatic rings. The molecule has 1 aromatic carbocycles. The van der Waals surface area contributed by atoms with E-state index in [0.717, 1.165) is 23.3 Å². The van der Waals surface area contributed by atoms with E-state index in [9.17, 15) is 0 Å². The lowest BCUT2D eigenvalue weighted by atomic mass is 9.51. The smallest absolute Gasteiger partial charge is 0.0440 e. The lowest BCUT2D eigenvalue weighted by Crippen LogP contribution is -2.52. The molecular weight excluding hydrogens is 335 g/mol. The third kappa shape index (κ3) is 2.92. The Labute approximate surface area is 157 Å². The molecule has 0 nitrogen and oxygen atoms in total. The van der Waals surface area contributed by atoms with Crippen LogP contribution in [0.5, 0.6) is 0 Å². The lowest BCUT2D eigenvalue weighted by molar-refractivity contribution is 0.00669. The molecule has 24 heavy (non-hydrogen) atoms. The van der Waals surface area contributed by atoms with Gasteiger partial charge in [-0.05, 0) is 73.0 Å². The summed E-state index contributed by atoms with van der Waals surface area (Å²) in [5.74, 6) is 1.57. The van der Waals surface area contributed by atoms with Crippen molar-refractivity contribution in [2.75, 3.05) is 0 Å². The maximum atomic E-state index is 7.15. The largest absolute Gasteiger partial charge is 0.122 e. The first-order chi connectivity index (χ1) is 11.7. The van der Waals surface area contributed by atoms with E-state index in [1.54, 1.807) is 0 Å². The maximum Gasteiger partial charge on any atom is 0.0440 e. The molecule has 0 heterocycles. The molecule has 4 rings (SSSR count). The monoisotopic (exact) mass is 364 g/mol. The zero-order chi connectivity index (χ0) is 16.6. The molecule has 0 bridgehead atoms. The molecule has 0 saturated heterocycles. The third-order valence-electron chi connectivity index (χ3n) is 7.38. The van der Waals surface area contributed by atoms with Crippen molar-refractivity contribution >= 4 is 23.2 Å². The fourth-order valence-electron chi connectivity index (χ4n) is 6.18. The Morgan fingerprint density at radius 2 is 1.54 bits per heavy atom. The maximum absolute atomic E-state index is 7.15. The average Bonchev–Trinajstić information content (AvgIpc) is 2.54. The first-order valence-corrected chi connectivity index (χ1v) is 10.9. The number of hydrogen-bond donors (Lipinski definition) is 0. The predicted molar refractivity (Wildman–Crippen MR) is 104 cm³/mol. The second-order valence-electron chi connectivity index (χ2n) is 8.51. The van der Waals surface area contributed by atoms with Crippen LogP contribution in [-0.2, 0) is 12.8 Å². The summed E-state index contributed by atoms with van der Waals surface area (Å²) >= 11 is 13.8. The number of alkyl halides is 1. The Bertz CT molecular complexity index is 573. The quantitative estimate of drug-likeness (QED) is 0.462. The van der Waals surface area contributed by atoms with Crippen molar-refractivity contribution in [2.45, 2.75) is 82.4 Å². The lowest BCUT2D eigenvalue weighted by Gasteiger charge is -2.56. The predicted octanol–water partition coefficient (Wildman–Crippen LogP) is 7.19. The summed E-state index contributed by atoms with van der Waals surface area (Å²) in [6, 6.07) is 6.52. The molecule has 2 heteroatoms. The number of halogens is 2. The van der Waals surface area contributed by atoms with E-state index >= 15 is 0 Å². The molecule has 132 valence electrons. The van der Waals surface area contributed by atoms with E-state index in [-0.39, 0.29) is 0 Å². The van der Waals surface area contributed by atoms with Gasteiger partial charge in [0.25, 0.3) is 0 Å². The average molecular weight is 365 g/mol. The Morgan fingerprint density at radius 1 is 0.833 bits per heavy atom. The fourth-order valence-corrected chi connectivity index (χ4v) is 7.02. The minimum atomic E-state index is 0.301. The molecular formula is C22H30Cl2. The van der Waals surface area contributed by atoms with Crippen LogP contribution in [0.4, 0.5) is 0 Å². The molecule has 0 spiro atoms. The molecule has 0 N–H and O–H groups in total. The molecule has 3 aliphatic rings. The molecule has 2 saturated carbocycles. The van der Waals surface area contributed by atoms with E-state index in [2.05, 4.69) is 18.2 Å². The van der Waals surface area contributed by atoms with Gasteiger partial charge in [-0.25, -0.2) is 0 Å². The van der Waals surface area contributed by atoms with Gasteiger partial charge in [0.05, 0.1) is 0 Å². The number of benzene rings is 1. The van der Waals surface area contributed by atoms with Gasteiger partial charge < -0.3 is 0 Å². The first-order valence-electron chi connectivity index (χ1n) is 10.1. The summed E-state index contributed by atoms with van der Waals surface area (Å²) in [6.45, 7) is 0. The van der Waals surface area contributed by atoms with E-state index in [1.165, 1.54) is 81.8 Å². The van der Waals surface area contributed by atoms with E-state index in [4.69, 9.17) is 23.2 Å². The van der Waals surface area contributed by atoms with Gasteiger partial charge >= 0.3 is 0 Å². The van der Waals surface area contributed by atoms with Crippen LogP contribution in [0.2, 0.25) is 5.02 Å². The Kier molecular flexibility index (Phi) is 5.17. The van der Waals surface area contributed by atoms with Gasteiger partial charge in [-0.2, -0.15) is 0 Å². The Hall–Kier alpha value is -0.200. The standard InChI is InChI=1S/C22H30Cl2/c23-20-12-6-8-16-14-18-11-7-13-21(24)22(18,15-19(16)20)17-9-4-2-1-3-5-10-17/h6,8,12,17-18,21H,1-5,7,9-11,13-15H2. The summed E-state index contributed by atoms with van der Waals surface area (Å²) in [5.41, 5.74) is 3.22. The Morgan fingerprint density at radius 3 is 2.33 bits per heavy atom. The van der Waals surface area contributed by atoms with Crippen molar-refractivity contribution < 1.29 is 0 Å². The zero-order valence-corrected chi connectivity index (χ0v) is 16.2. The highest BCUT2D eigenvalue weighted by Gasteiger charge is 2.53. The van der Waals surface area contributed by atoms with Crippen LogP contribution in [0.25, 0.3) is 0 Å². The minimum Gasteiger partial charge on any atom is -0.122 e. The van der Waals surface area contributed by atoms with Gasteiger partial charge in [0.15, 0.2) is 0 Å². The van der Waals surface area contributed by atoms with Gasteiger partial charge in [0.1, 0.15) is 0 Å². The van der Waals surface area contributed by atoms with Crippen molar-refractivity contribution in [3.8, 4) is 0 Å². The van der Waals surface area contributed by atoms with Gasteiger partial charge in [-0.3, -0.25) is 0 Å². The highest BCUT2D eigenvalue weighted by atomic mass is 35.5. The van der Waals surface area contributed by atoms with Crippen LogP contribution in [-0.4, -0.2) is 5.38 Å². The molecule has 3 aliphatic carbocycles. The number of hydrogen-bond acceptors (Lipinski definition) is 0. The topological polar surface area (TPSA) is 0 Å². The Balaban J connectivity index is 1.74. The minimum absolute atomic E-state index is 0.301. The molecule has 3 unspecified atom stereocenters. The van der Waals surface area contributed by atoms with Crippen molar-refractivity contribution in [1.29, 1.82) is 0 Å². The first kappa shape index (κ1) is 17.2. The van der Waals surface area contributed by atoms with Crippen LogP contribution in [0.3, 0.4) is 0 Å². The van der Waals surface area contributed by atoms with Crippen LogP contribution < -0.4 is 0 Å². The highest BCUT2D eigenvalue weighted by molar-refractivity contribution is 6.31. The molecule has 0 aromatic heterocycles. The molecule has 0 aliphatic heterocycles. The summed E-state index contributed by atoms with van der Waals surface area (Å²) in [5, 5.41) is 1.32. The van der Waals surface area contributed by atoms with Crippen molar-refractivity contribution in [2.24, 2.45) is 17.3 Å². The molecule has 0 amide bonds. The van der Waals surface area contributed by atoms with Crippen molar-refractivity contribution in [3.05, 3.63) is 34.3 Å². The van der Waals surface area contributed by atoms with Crippen LogP contribution in [0.15, 0.2) is 18.2 Å². The number of rotatable bonds is 1. The zero-order valence-electron chi connectivity index (χ0n) is 14.7. The molecule has 0 radical (unpaired) electrons. The van der Waals surface area contributed by atoms with Crippen molar-refractivity contribution in [1.82, 2.24) is 0 Å². The van der Waals surface area contributed by atoms with Gasteiger partial charge in [0.2, 0.25) is 0 Å². The van der Waals surface area contributed by atoms with Gasteiger partial charge in [0, 0.05) is 10.4 Å². The summed E-state index contributed by atoms with van der Waals surface area (Å²) in [7, 11) is 0. The SMILES string of the molecule is Clc1cccc2c1CC1(C3CCCCCCC3)C(Cl)CCCC1C2. The number of fused-ring (bicyclic) bond motifs is 2. The van der Waals surface area contributed by atoms with Crippen molar-refractivity contribution in [3.63, 3.8) is 0 Å². The normalized spacial score (nSPS) is 34.8. The van der Waals surface area contributed by atoms with Crippen LogP contribution in [0, 0.1) is 17.3 Å². The fraction of sp³-hybridized carbons (Fsp3) is 0.727. The van der Waals surface area contributed by atoms with E-state index in [0.29, 0.717) is 10.8 Å². The highest BCUT2D eigenvalue weighted by Crippen LogP contribution is 2.58. The summed E-state index contributed by atoms with van der Waals surface area (Å²) < 4.78 is 0. The van der Waals surface area contributed by atoms with E-state index in [1.807, 2.05) is 0 Å². The molecule has 2 fully saturated rings. The summed E-state index contributed by atoms with van der Waals surface area (Å²) in [4.78, 5) is 0. The second kappa shape index (κ2) is 7.20. The van der Waals surface area contributed by atoms with Gasteiger partial charge in [-0.1, -0.05) is 62.3 Å². The van der Waals surface area contributed by atoms with Crippen LogP contribution in [0.1, 0.15) is 75.3 Å². The summed E-state index contributed by atoms with van der Waals surface area (Å²) in [6.07, 6.45) is 16.1. The third-order valence-corrected chi connectivity index (χ3v) is 8.36. The van der Waals surface area contributed by atoms with Gasteiger partial charge in [-0.15, -0.1) is 11.6 Å². The molecule has 3 atom stereocenters. The van der Waals surface area contributed by atoms with E-state index < -0.39 is 0 Å². The van der Waals surface area contributed by atoms with Crippen LogP contribution >= 0.6 is 23.2 Å².